The number of anilines is 1. The Kier molecular flexibility index (Phi) is 4.79. The van der Waals surface area contributed by atoms with Gasteiger partial charge in [0.25, 0.3) is 11.8 Å². The van der Waals surface area contributed by atoms with Crippen LogP contribution in [0.25, 0.3) is 0 Å². The molecule has 166 valence electrons. The Balaban J connectivity index is 1.42. The van der Waals surface area contributed by atoms with Gasteiger partial charge in [0.15, 0.2) is 5.82 Å². The molecule has 2 aromatic rings. The molecule has 0 bridgehead atoms. The van der Waals surface area contributed by atoms with E-state index < -0.39 is 11.5 Å². The number of carbonyl (C=O) groups is 1. The van der Waals surface area contributed by atoms with E-state index in [1.807, 2.05) is 13.0 Å². The minimum Gasteiger partial charge on any atom is -0.365 e. The van der Waals surface area contributed by atoms with E-state index >= 15 is 0 Å². The first kappa shape index (κ1) is 20.4. The second-order valence-corrected chi connectivity index (χ2v) is 9.65. The first-order valence-electron chi connectivity index (χ1n) is 11.1. The molecule has 1 saturated heterocycles. The van der Waals surface area contributed by atoms with Crippen molar-refractivity contribution in [2.45, 2.75) is 69.8 Å². The van der Waals surface area contributed by atoms with Crippen molar-refractivity contribution in [3.8, 4) is 0 Å². The van der Waals surface area contributed by atoms with Crippen molar-refractivity contribution < 1.29 is 18.1 Å². The summed E-state index contributed by atoms with van der Waals surface area (Å²) in [6, 6.07) is 5.53. The van der Waals surface area contributed by atoms with Crippen LogP contribution in [0, 0.1) is 12.8 Å². The summed E-state index contributed by atoms with van der Waals surface area (Å²) in [5.41, 5.74) is 1.57. The average Bonchev–Trinajstić information content (AvgIpc) is 3.64. The standard InChI is InChI=1S/C23H28F2N4O2/c1-14-26-21(28-31-14)22(2,12-15-3-4-15)27-20(30)17-7-8-18(16-5-6-16)19(11-17)29-10-9-23(24,25)13-29/h7-8,11,15-16H,3-6,9-10,12-13H2,1-2H3,(H,27,30)/t22-/m1/s1. The van der Waals surface area contributed by atoms with Crippen LogP contribution in [0.3, 0.4) is 0 Å². The van der Waals surface area contributed by atoms with Crippen molar-refractivity contribution >= 4 is 11.6 Å². The number of nitrogens with one attached hydrogen (secondary N) is 1. The Labute approximate surface area is 180 Å². The molecule has 2 heterocycles. The zero-order valence-electron chi connectivity index (χ0n) is 18.0. The Hall–Kier alpha value is -2.51. The summed E-state index contributed by atoms with van der Waals surface area (Å²) in [4.78, 5) is 19.4. The van der Waals surface area contributed by atoms with E-state index in [4.69, 9.17) is 4.52 Å². The second kappa shape index (κ2) is 7.28. The predicted octanol–water partition coefficient (Wildman–Crippen LogP) is 4.55. The highest BCUT2D eigenvalue weighted by molar-refractivity contribution is 5.96. The molecule has 1 N–H and O–H groups in total. The highest BCUT2D eigenvalue weighted by Gasteiger charge is 2.41. The number of carbonyl (C=O) groups excluding carboxylic acids is 1. The van der Waals surface area contributed by atoms with E-state index in [9.17, 15) is 13.6 Å². The fourth-order valence-corrected chi connectivity index (χ4v) is 4.58. The van der Waals surface area contributed by atoms with Gasteiger partial charge in [-0.15, -0.1) is 0 Å². The SMILES string of the molecule is Cc1nc([C@@](C)(CC2CC2)NC(=O)c2ccc(C3CC3)c(N3CCC(F)(F)C3)c2)no1. The highest BCUT2D eigenvalue weighted by atomic mass is 19.3. The predicted molar refractivity (Wildman–Crippen MR) is 111 cm³/mol. The molecule has 2 saturated carbocycles. The van der Waals surface area contributed by atoms with E-state index in [2.05, 4.69) is 15.5 Å². The van der Waals surface area contributed by atoms with Gasteiger partial charge in [-0.05, 0) is 55.7 Å². The van der Waals surface area contributed by atoms with Gasteiger partial charge in [0.2, 0.25) is 5.89 Å². The van der Waals surface area contributed by atoms with Crippen LogP contribution in [0.4, 0.5) is 14.5 Å². The van der Waals surface area contributed by atoms with Crippen LogP contribution in [0.15, 0.2) is 22.7 Å². The number of benzene rings is 1. The molecule has 6 nitrogen and oxygen atoms in total. The maximum Gasteiger partial charge on any atom is 0.266 e. The molecular formula is C23H28F2N4O2. The number of aromatic nitrogens is 2. The van der Waals surface area contributed by atoms with Gasteiger partial charge in [-0.1, -0.05) is 24.1 Å². The quantitative estimate of drug-likeness (QED) is 0.698. The average molecular weight is 430 g/mol. The van der Waals surface area contributed by atoms with Crippen LogP contribution in [0.2, 0.25) is 0 Å². The number of halogens is 2. The van der Waals surface area contributed by atoms with Gasteiger partial charge in [0.1, 0.15) is 5.54 Å². The Morgan fingerprint density at radius 2 is 2.10 bits per heavy atom. The second-order valence-electron chi connectivity index (χ2n) is 9.65. The summed E-state index contributed by atoms with van der Waals surface area (Å²) < 4.78 is 32.9. The number of amides is 1. The number of alkyl halides is 2. The molecule has 1 amide bonds. The zero-order valence-corrected chi connectivity index (χ0v) is 18.0. The molecule has 5 rings (SSSR count). The van der Waals surface area contributed by atoms with Gasteiger partial charge in [0.05, 0.1) is 6.54 Å². The van der Waals surface area contributed by atoms with E-state index in [0.717, 1.165) is 43.4 Å². The maximum absolute atomic E-state index is 13.9. The van der Waals surface area contributed by atoms with E-state index in [1.54, 1.807) is 24.0 Å². The molecule has 0 spiro atoms. The van der Waals surface area contributed by atoms with Gasteiger partial charge >= 0.3 is 0 Å². The van der Waals surface area contributed by atoms with Gasteiger partial charge in [-0.3, -0.25) is 4.79 Å². The van der Waals surface area contributed by atoms with Crippen LogP contribution < -0.4 is 10.2 Å². The number of hydrogen-bond acceptors (Lipinski definition) is 5. The Bertz CT molecular complexity index is 999. The maximum atomic E-state index is 13.9. The lowest BCUT2D eigenvalue weighted by atomic mass is 9.93. The number of aryl methyl sites for hydroxylation is 1. The third kappa shape index (κ3) is 4.29. The smallest absolute Gasteiger partial charge is 0.266 e. The molecule has 2 aliphatic carbocycles. The summed E-state index contributed by atoms with van der Waals surface area (Å²) in [7, 11) is 0. The van der Waals surface area contributed by atoms with Crippen molar-refractivity contribution in [1.29, 1.82) is 0 Å². The first-order chi connectivity index (χ1) is 14.7. The van der Waals surface area contributed by atoms with Crippen molar-refractivity contribution in [2.75, 3.05) is 18.0 Å². The Morgan fingerprint density at radius 3 is 2.68 bits per heavy atom. The lowest BCUT2D eigenvalue weighted by Gasteiger charge is -2.28. The molecule has 0 unspecified atom stereocenters. The van der Waals surface area contributed by atoms with E-state index in [1.165, 1.54) is 0 Å². The normalized spacial score (nSPS) is 22.4. The number of rotatable bonds is 7. The van der Waals surface area contributed by atoms with Crippen LogP contribution >= 0.6 is 0 Å². The molecule has 1 atom stereocenters. The van der Waals surface area contributed by atoms with Gasteiger partial charge in [-0.25, -0.2) is 8.78 Å². The molecule has 0 radical (unpaired) electrons. The van der Waals surface area contributed by atoms with Crippen molar-refractivity contribution in [3.05, 3.63) is 41.0 Å². The van der Waals surface area contributed by atoms with Crippen LogP contribution in [0.1, 0.15) is 79.0 Å². The van der Waals surface area contributed by atoms with E-state index in [0.29, 0.717) is 35.7 Å². The van der Waals surface area contributed by atoms with Crippen LogP contribution in [0.5, 0.6) is 0 Å². The summed E-state index contributed by atoms with van der Waals surface area (Å²) in [6.45, 7) is 3.66. The zero-order chi connectivity index (χ0) is 21.8. The molecule has 31 heavy (non-hydrogen) atoms. The number of hydrogen-bond donors (Lipinski definition) is 1. The third-order valence-corrected chi connectivity index (χ3v) is 6.62. The molecule has 1 aliphatic heterocycles. The minimum absolute atomic E-state index is 0.149. The molecule has 8 heteroatoms. The lowest BCUT2D eigenvalue weighted by molar-refractivity contribution is 0.0257. The van der Waals surface area contributed by atoms with Crippen LogP contribution in [-0.2, 0) is 5.54 Å². The van der Waals surface area contributed by atoms with Crippen molar-refractivity contribution in [1.82, 2.24) is 15.5 Å². The summed E-state index contributed by atoms with van der Waals surface area (Å²) in [5, 5.41) is 7.18. The molecule has 1 aromatic carbocycles. The molecule has 3 aliphatic rings. The van der Waals surface area contributed by atoms with Crippen LogP contribution in [-0.4, -0.2) is 35.1 Å². The number of nitrogens with zero attached hydrogens (tertiary/aromatic N) is 3. The summed E-state index contributed by atoms with van der Waals surface area (Å²) in [5.74, 6) is -1.07. The monoisotopic (exact) mass is 430 g/mol. The fraction of sp³-hybridized carbons (Fsp3) is 0.609. The highest BCUT2D eigenvalue weighted by Crippen LogP contribution is 2.46. The molecule has 1 aromatic heterocycles. The molecule has 3 fully saturated rings. The first-order valence-corrected chi connectivity index (χ1v) is 11.1. The Morgan fingerprint density at radius 1 is 1.32 bits per heavy atom. The topological polar surface area (TPSA) is 71.3 Å². The third-order valence-electron chi connectivity index (χ3n) is 6.62. The minimum atomic E-state index is -2.68. The molecular weight excluding hydrogens is 402 g/mol. The van der Waals surface area contributed by atoms with Gasteiger partial charge < -0.3 is 14.7 Å². The lowest BCUT2D eigenvalue weighted by Crippen LogP contribution is -2.45. The largest absolute Gasteiger partial charge is 0.365 e. The summed E-state index contributed by atoms with van der Waals surface area (Å²) >= 11 is 0. The van der Waals surface area contributed by atoms with E-state index in [-0.39, 0.29) is 18.9 Å². The fourth-order valence-electron chi connectivity index (χ4n) is 4.58. The van der Waals surface area contributed by atoms with Crippen molar-refractivity contribution in [2.24, 2.45) is 5.92 Å². The van der Waals surface area contributed by atoms with Gasteiger partial charge in [-0.2, -0.15) is 4.98 Å². The summed E-state index contributed by atoms with van der Waals surface area (Å²) in [6.07, 6.45) is 4.99. The van der Waals surface area contributed by atoms with Gasteiger partial charge in [0, 0.05) is 31.1 Å². The van der Waals surface area contributed by atoms with Crippen molar-refractivity contribution in [3.63, 3.8) is 0 Å².